The lowest BCUT2D eigenvalue weighted by molar-refractivity contribution is 0.292. The molecule has 0 saturated carbocycles. The zero-order valence-electron chi connectivity index (χ0n) is 11.3. The third kappa shape index (κ3) is 3.47. The molecule has 1 heterocycles. The molecule has 0 radical (unpaired) electrons. The number of sulfonamides is 1. The molecule has 2 rings (SSSR count). The Kier molecular flexibility index (Phi) is 3.80. The van der Waals surface area contributed by atoms with Gasteiger partial charge in [0.1, 0.15) is 6.61 Å². The van der Waals surface area contributed by atoms with E-state index >= 15 is 0 Å². The minimum Gasteiger partial charge on any atom is -0.475 e. The molecule has 0 aromatic heterocycles. The summed E-state index contributed by atoms with van der Waals surface area (Å²) in [6.07, 6.45) is 1.12. The third-order valence-electron chi connectivity index (χ3n) is 2.90. The van der Waals surface area contributed by atoms with Crippen molar-refractivity contribution in [2.45, 2.75) is 19.9 Å². The lowest BCUT2D eigenvalue weighted by Gasteiger charge is -2.09. The molecule has 1 atom stereocenters. The van der Waals surface area contributed by atoms with Crippen molar-refractivity contribution in [3.8, 4) is 0 Å². The summed E-state index contributed by atoms with van der Waals surface area (Å²) in [6, 6.07) is 7.23. The zero-order chi connectivity index (χ0) is 14.0. The van der Waals surface area contributed by atoms with E-state index in [0.717, 1.165) is 6.26 Å². The van der Waals surface area contributed by atoms with Crippen LogP contribution in [0.15, 0.2) is 29.3 Å². The molecule has 0 spiro atoms. The third-order valence-corrected chi connectivity index (χ3v) is 3.49. The summed E-state index contributed by atoms with van der Waals surface area (Å²) in [4.78, 5) is 4.51. The van der Waals surface area contributed by atoms with E-state index in [0.29, 0.717) is 29.7 Å². The van der Waals surface area contributed by atoms with Crippen LogP contribution in [-0.2, 0) is 14.8 Å². The Labute approximate surface area is 113 Å². The van der Waals surface area contributed by atoms with Gasteiger partial charge in [0.25, 0.3) is 0 Å². The first-order valence-electron chi connectivity index (χ1n) is 6.14. The van der Waals surface area contributed by atoms with Crippen LogP contribution in [0.3, 0.4) is 0 Å². The first-order chi connectivity index (χ1) is 8.87. The number of ether oxygens (including phenoxy) is 1. The van der Waals surface area contributed by atoms with Gasteiger partial charge in [-0.25, -0.2) is 13.4 Å². The highest BCUT2D eigenvalue weighted by molar-refractivity contribution is 7.92. The van der Waals surface area contributed by atoms with Crippen LogP contribution in [0, 0.1) is 5.92 Å². The predicted octanol–water partition coefficient (Wildman–Crippen LogP) is 1.86. The molecular formula is C13H18N2O3S. The van der Waals surface area contributed by atoms with E-state index in [9.17, 15) is 8.42 Å². The van der Waals surface area contributed by atoms with Crippen molar-refractivity contribution in [1.82, 2.24) is 0 Å². The van der Waals surface area contributed by atoms with Crippen LogP contribution in [-0.4, -0.2) is 33.2 Å². The van der Waals surface area contributed by atoms with Crippen molar-refractivity contribution in [1.29, 1.82) is 0 Å². The van der Waals surface area contributed by atoms with Gasteiger partial charge in [-0.15, -0.1) is 0 Å². The van der Waals surface area contributed by atoms with E-state index in [1.807, 2.05) is 6.07 Å². The summed E-state index contributed by atoms with van der Waals surface area (Å²) in [5, 5.41) is 0. The van der Waals surface area contributed by atoms with Gasteiger partial charge in [0.15, 0.2) is 0 Å². The maximum absolute atomic E-state index is 11.3. The summed E-state index contributed by atoms with van der Waals surface area (Å²) in [5.41, 5.74) is 1.17. The molecule has 1 aromatic carbocycles. The lowest BCUT2D eigenvalue weighted by atomic mass is 10.1. The minimum atomic E-state index is -3.32. The second kappa shape index (κ2) is 5.21. The molecule has 0 fully saturated rings. The molecule has 1 N–H and O–H groups in total. The van der Waals surface area contributed by atoms with Crippen LogP contribution in [0.2, 0.25) is 0 Å². The van der Waals surface area contributed by atoms with E-state index in [-0.39, 0.29) is 6.04 Å². The minimum absolute atomic E-state index is 0.126. The smallest absolute Gasteiger partial charge is 0.229 e. The number of aliphatic imine (C=N–C) groups is 1. The molecule has 0 amide bonds. The number of para-hydroxylation sites is 1. The quantitative estimate of drug-likeness (QED) is 0.916. The van der Waals surface area contributed by atoms with Crippen LogP contribution in [0.25, 0.3) is 0 Å². The number of anilines is 1. The highest BCUT2D eigenvalue weighted by atomic mass is 32.2. The van der Waals surface area contributed by atoms with Gasteiger partial charge in [-0.1, -0.05) is 26.0 Å². The van der Waals surface area contributed by atoms with E-state index in [1.165, 1.54) is 0 Å². The summed E-state index contributed by atoms with van der Waals surface area (Å²) in [7, 11) is -3.32. The Bertz CT molecular complexity index is 594. The van der Waals surface area contributed by atoms with Crippen LogP contribution in [0.4, 0.5) is 5.69 Å². The van der Waals surface area contributed by atoms with Crippen LogP contribution in [0.5, 0.6) is 0 Å². The average Bonchev–Trinajstić information content (AvgIpc) is 2.76. The second-order valence-corrected chi connectivity index (χ2v) is 6.72. The van der Waals surface area contributed by atoms with Crippen molar-refractivity contribution in [3.63, 3.8) is 0 Å². The Morgan fingerprint density at radius 2 is 2.05 bits per heavy atom. The number of nitrogens with zero attached hydrogens (tertiary/aromatic N) is 1. The molecule has 1 aliphatic rings. The summed E-state index contributed by atoms with van der Waals surface area (Å²) in [5.74, 6) is 0.901. The Morgan fingerprint density at radius 1 is 1.37 bits per heavy atom. The van der Waals surface area contributed by atoms with Gasteiger partial charge in [0.2, 0.25) is 15.9 Å². The molecule has 1 unspecified atom stereocenters. The van der Waals surface area contributed by atoms with Gasteiger partial charge >= 0.3 is 0 Å². The summed E-state index contributed by atoms with van der Waals surface area (Å²) < 4.78 is 30.8. The zero-order valence-corrected chi connectivity index (χ0v) is 12.1. The van der Waals surface area contributed by atoms with Crippen molar-refractivity contribution >= 4 is 21.6 Å². The standard InChI is InChI=1S/C13H18N2O3S/c1-9(2)12-8-18-13(14-12)10-6-4-5-7-11(10)15-19(3,16)17/h4-7,9,12,15H,8H2,1-3H3. The van der Waals surface area contributed by atoms with Gasteiger partial charge in [-0.05, 0) is 18.1 Å². The molecule has 6 heteroatoms. The van der Waals surface area contributed by atoms with Crippen molar-refractivity contribution in [2.24, 2.45) is 10.9 Å². The SMILES string of the molecule is CC(C)C1COC(c2ccccc2NS(C)(=O)=O)=N1. The first kappa shape index (κ1) is 13.9. The van der Waals surface area contributed by atoms with Crippen LogP contribution >= 0.6 is 0 Å². The van der Waals surface area contributed by atoms with Crippen molar-refractivity contribution in [3.05, 3.63) is 29.8 Å². The van der Waals surface area contributed by atoms with Crippen molar-refractivity contribution < 1.29 is 13.2 Å². The Hall–Kier alpha value is -1.56. The van der Waals surface area contributed by atoms with Crippen LogP contribution < -0.4 is 4.72 Å². The first-order valence-corrected chi connectivity index (χ1v) is 8.04. The lowest BCUT2D eigenvalue weighted by Crippen LogP contribution is -2.14. The monoisotopic (exact) mass is 282 g/mol. The fourth-order valence-corrected chi connectivity index (χ4v) is 2.41. The number of rotatable bonds is 4. The number of hydrogen-bond donors (Lipinski definition) is 1. The molecule has 19 heavy (non-hydrogen) atoms. The maximum atomic E-state index is 11.3. The number of benzene rings is 1. The summed E-state index contributed by atoms with van der Waals surface area (Å²) in [6.45, 7) is 4.71. The average molecular weight is 282 g/mol. The number of nitrogens with one attached hydrogen (secondary N) is 1. The molecule has 1 aromatic rings. The second-order valence-electron chi connectivity index (χ2n) is 4.98. The Morgan fingerprint density at radius 3 is 2.63 bits per heavy atom. The summed E-state index contributed by atoms with van der Waals surface area (Å²) >= 11 is 0. The molecule has 5 nitrogen and oxygen atoms in total. The van der Waals surface area contributed by atoms with E-state index in [1.54, 1.807) is 18.2 Å². The van der Waals surface area contributed by atoms with E-state index in [4.69, 9.17) is 4.74 Å². The topological polar surface area (TPSA) is 67.8 Å². The molecule has 1 aliphatic heterocycles. The normalized spacial score (nSPS) is 19.2. The molecule has 0 saturated heterocycles. The van der Waals surface area contributed by atoms with Gasteiger partial charge in [0.05, 0.1) is 23.5 Å². The van der Waals surface area contributed by atoms with Crippen molar-refractivity contribution in [2.75, 3.05) is 17.6 Å². The van der Waals surface area contributed by atoms with Gasteiger partial charge in [-0.2, -0.15) is 0 Å². The molecule has 0 bridgehead atoms. The fraction of sp³-hybridized carbons (Fsp3) is 0.462. The maximum Gasteiger partial charge on any atom is 0.229 e. The van der Waals surface area contributed by atoms with E-state index < -0.39 is 10.0 Å². The Balaban J connectivity index is 2.33. The molecule has 104 valence electrons. The van der Waals surface area contributed by atoms with Crippen LogP contribution in [0.1, 0.15) is 19.4 Å². The highest BCUT2D eigenvalue weighted by Gasteiger charge is 2.24. The highest BCUT2D eigenvalue weighted by Crippen LogP contribution is 2.23. The largest absolute Gasteiger partial charge is 0.475 e. The number of hydrogen-bond acceptors (Lipinski definition) is 4. The van der Waals surface area contributed by atoms with Gasteiger partial charge in [0, 0.05) is 0 Å². The fourth-order valence-electron chi connectivity index (χ4n) is 1.84. The predicted molar refractivity (Wildman–Crippen MR) is 76.0 cm³/mol. The van der Waals surface area contributed by atoms with E-state index in [2.05, 4.69) is 23.6 Å². The van der Waals surface area contributed by atoms with Gasteiger partial charge in [-0.3, -0.25) is 4.72 Å². The molecule has 0 aliphatic carbocycles. The van der Waals surface area contributed by atoms with Gasteiger partial charge < -0.3 is 4.74 Å². The molecular weight excluding hydrogens is 264 g/mol.